The minimum Gasteiger partial charge on any atom is -0.334 e. The van der Waals surface area contributed by atoms with Gasteiger partial charge in [-0.15, -0.1) is 10.2 Å². The third kappa shape index (κ3) is 5.32. The van der Waals surface area contributed by atoms with Gasteiger partial charge in [0.15, 0.2) is 0 Å². The highest BCUT2D eigenvalue weighted by atomic mass is 32.2. The summed E-state index contributed by atoms with van der Waals surface area (Å²) in [6.45, 7) is 5.82. The first kappa shape index (κ1) is 20.3. The molecule has 9 nitrogen and oxygen atoms in total. The van der Waals surface area contributed by atoms with E-state index in [4.69, 9.17) is 5.84 Å². The Morgan fingerprint density at radius 1 is 1.21 bits per heavy atom. The Morgan fingerprint density at radius 3 is 2.69 bits per heavy atom. The molecule has 29 heavy (non-hydrogen) atoms. The SMILES string of the molecule is C/C(=N\Nc1nnc(SCC(=O)Nc2ccc(C)cc2C)n1N)c1ccncc1. The maximum absolute atomic E-state index is 12.2. The largest absolute Gasteiger partial charge is 0.334 e. The quantitative estimate of drug-likeness (QED) is 0.237. The number of pyridine rings is 1. The summed E-state index contributed by atoms with van der Waals surface area (Å²) in [6.07, 6.45) is 3.38. The molecule has 0 spiro atoms. The van der Waals surface area contributed by atoms with Crippen molar-refractivity contribution in [3.63, 3.8) is 0 Å². The van der Waals surface area contributed by atoms with Crippen LogP contribution < -0.4 is 16.6 Å². The van der Waals surface area contributed by atoms with E-state index < -0.39 is 0 Å². The highest BCUT2D eigenvalue weighted by molar-refractivity contribution is 7.99. The van der Waals surface area contributed by atoms with Gasteiger partial charge in [0.05, 0.1) is 11.5 Å². The average Bonchev–Trinajstić information content (AvgIpc) is 3.07. The van der Waals surface area contributed by atoms with Crippen LogP contribution in [0.15, 0.2) is 53.0 Å². The van der Waals surface area contributed by atoms with Crippen molar-refractivity contribution < 1.29 is 4.79 Å². The number of nitrogen functional groups attached to an aromatic ring is 1. The van der Waals surface area contributed by atoms with Crippen molar-refractivity contribution in [3.8, 4) is 0 Å². The molecule has 10 heteroatoms. The number of aromatic nitrogens is 4. The van der Waals surface area contributed by atoms with Crippen LogP contribution in [0.3, 0.4) is 0 Å². The van der Waals surface area contributed by atoms with Crippen molar-refractivity contribution in [1.82, 2.24) is 19.9 Å². The first-order valence-corrected chi connectivity index (χ1v) is 9.83. The van der Waals surface area contributed by atoms with E-state index in [1.165, 1.54) is 16.4 Å². The zero-order chi connectivity index (χ0) is 20.8. The number of hydrogen-bond donors (Lipinski definition) is 3. The summed E-state index contributed by atoms with van der Waals surface area (Å²) in [6, 6.07) is 9.57. The molecule has 0 saturated heterocycles. The molecule has 0 fully saturated rings. The molecule has 3 rings (SSSR count). The van der Waals surface area contributed by atoms with Crippen LogP contribution in [-0.2, 0) is 4.79 Å². The van der Waals surface area contributed by atoms with Crippen LogP contribution in [0.5, 0.6) is 0 Å². The molecule has 0 unspecified atom stereocenters. The Balaban J connectivity index is 1.57. The lowest BCUT2D eigenvalue weighted by molar-refractivity contribution is -0.113. The maximum atomic E-state index is 12.2. The van der Waals surface area contributed by atoms with Gasteiger partial charge in [-0.2, -0.15) is 5.10 Å². The van der Waals surface area contributed by atoms with Gasteiger partial charge in [0.2, 0.25) is 11.1 Å². The topological polar surface area (TPSA) is 123 Å². The van der Waals surface area contributed by atoms with E-state index in [1.54, 1.807) is 12.4 Å². The van der Waals surface area contributed by atoms with Gasteiger partial charge >= 0.3 is 0 Å². The van der Waals surface area contributed by atoms with Crippen LogP contribution in [0.25, 0.3) is 0 Å². The van der Waals surface area contributed by atoms with E-state index in [1.807, 2.05) is 51.1 Å². The first-order chi connectivity index (χ1) is 13.9. The number of aryl methyl sites for hydroxylation is 2. The highest BCUT2D eigenvalue weighted by Gasteiger charge is 2.13. The molecule has 0 bridgehead atoms. The number of hydrogen-bond acceptors (Lipinski definition) is 8. The number of hydrazone groups is 1. The number of carbonyl (C=O) groups excluding carboxylic acids is 1. The van der Waals surface area contributed by atoms with Crippen LogP contribution in [0, 0.1) is 13.8 Å². The van der Waals surface area contributed by atoms with Gasteiger partial charge in [-0.25, -0.2) is 10.1 Å². The summed E-state index contributed by atoms with van der Waals surface area (Å²) in [5.41, 5.74) is 7.41. The van der Waals surface area contributed by atoms with Crippen LogP contribution in [0.4, 0.5) is 11.6 Å². The van der Waals surface area contributed by atoms with Gasteiger partial charge in [0.1, 0.15) is 0 Å². The fourth-order valence-corrected chi connectivity index (χ4v) is 3.17. The zero-order valence-corrected chi connectivity index (χ0v) is 17.2. The van der Waals surface area contributed by atoms with Gasteiger partial charge in [0.25, 0.3) is 5.95 Å². The fraction of sp³-hybridized carbons (Fsp3) is 0.211. The molecule has 0 radical (unpaired) electrons. The van der Waals surface area contributed by atoms with Crippen molar-refractivity contribution in [3.05, 3.63) is 59.4 Å². The Labute approximate surface area is 172 Å². The minimum atomic E-state index is -0.147. The lowest BCUT2D eigenvalue weighted by Crippen LogP contribution is -2.17. The second-order valence-corrected chi connectivity index (χ2v) is 7.32. The van der Waals surface area contributed by atoms with Gasteiger partial charge in [-0.1, -0.05) is 29.5 Å². The van der Waals surface area contributed by atoms with E-state index in [2.05, 4.69) is 31.0 Å². The molecule has 2 aromatic heterocycles. The number of nitrogens with one attached hydrogen (secondary N) is 2. The molecule has 0 aliphatic carbocycles. The number of carbonyl (C=O) groups is 1. The predicted octanol–water partition coefficient (Wildman–Crippen LogP) is 2.57. The molecule has 3 aromatic rings. The van der Waals surface area contributed by atoms with Crippen molar-refractivity contribution in [2.24, 2.45) is 5.10 Å². The number of nitrogens with zero attached hydrogens (tertiary/aromatic N) is 5. The number of benzene rings is 1. The minimum absolute atomic E-state index is 0.147. The molecular weight excluding hydrogens is 388 g/mol. The molecule has 4 N–H and O–H groups in total. The molecule has 0 atom stereocenters. The third-order valence-corrected chi connectivity index (χ3v) is 5.02. The first-order valence-electron chi connectivity index (χ1n) is 8.85. The van der Waals surface area contributed by atoms with E-state index in [-0.39, 0.29) is 17.6 Å². The fourth-order valence-electron chi connectivity index (χ4n) is 2.51. The van der Waals surface area contributed by atoms with E-state index >= 15 is 0 Å². The molecule has 0 aliphatic heterocycles. The van der Waals surface area contributed by atoms with Gasteiger partial charge in [-0.3, -0.25) is 9.78 Å². The molecule has 1 amide bonds. The average molecular weight is 411 g/mol. The molecule has 150 valence electrons. The summed E-state index contributed by atoms with van der Waals surface area (Å²) in [4.78, 5) is 16.2. The molecule has 0 aliphatic rings. The van der Waals surface area contributed by atoms with Crippen molar-refractivity contribution in [1.29, 1.82) is 0 Å². The van der Waals surface area contributed by atoms with Gasteiger partial charge in [-0.05, 0) is 44.5 Å². The zero-order valence-electron chi connectivity index (χ0n) is 16.4. The molecule has 2 heterocycles. The standard InChI is InChI=1S/C19H22N8OS/c1-12-4-5-16(13(2)10-12)22-17(28)11-29-19-26-25-18(27(19)20)24-23-14(3)15-6-8-21-9-7-15/h4-10H,11,20H2,1-3H3,(H,22,28)(H,24,25)/b23-14+. The number of nitrogens with two attached hydrogens (primary N) is 1. The van der Waals surface area contributed by atoms with E-state index in [0.717, 1.165) is 28.1 Å². The monoisotopic (exact) mass is 410 g/mol. The summed E-state index contributed by atoms with van der Waals surface area (Å²) in [5.74, 6) is 6.29. The second-order valence-electron chi connectivity index (χ2n) is 6.38. The summed E-state index contributed by atoms with van der Waals surface area (Å²) in [5, 5.41) is 15.5. The van der Waals surface area contributed by atoms with Crippen LogP contribution in [-0.4, -0.2) is 37.2 Å². The van der Waals surface area contributed by atoms with E-state index in [0.29, 0.717) is 5.16 Å². The van der Waals surface area contributed by atoms with Crippen molar-refractivity contribution in [2.75, 3.05) is 22.3 Å². The Bertz CT molecular complexity index is 1030. The normalized spacial score (nSPS) is 11.3. The summed E-state index contributed by atoms with van der Waals surface area (Å²) in [7, 11) is 0. The van der Waals surface area contributed by atoms with Crippen LogP contribution >= 0.6 is 11.8 Å². The Hall–Kier alpha value is -3.40. The molecule has 1 aromatic carbocycles. The van der Waals surface area contributed by atoms with Gasteiger partial charge < -0.3 is 11.2 Å². The summed E-state index contributed by atoms with van der Waals surface area (Å²) < 4.78 is 1.26. The van der Waals surface area contributed by atoms with Crippen molar-refractivity contribution in [2.45, 2.75) is 25.9 Å². The highest BCUT2D eigenvalue weighted by Crippen LogP contribution is 2.19. The maximum Gasteiger partial charge on any atom is 0.264 e. The molecular formula is C19H22N8OS. The number of anilines is 2. The molecule has 0 saturated carbocycles. The lowest BCUT2D eigenvalue weighted by Gasteiger charge is -2.09. The van der Waals surface area contributed by atoms with Crippen LogP contribution in [0.2, 0.25) is 0 Å². The predicted molar refractivity (Wildman–Crippen MR) is 116 cm³/mol. The smallest absolute Gasteiger partial charge is 0.264 e. The van der Waals surface area contributed by atoms with E-state index in [9.17, 15) is 4.79 Å². The van der Waals surface area contributed by atoms with Crippen molar-refractivity contribution >= 4 is 35.0 Å². The third-order valence-electron chi connectivity index (χ3n) is 4.07. The number of thioether (sulfide) groups is 1. The lowest BCUT2D eigenvalue weighted by atomic mass is 10.1. The van der Waals surface area contributed by atoms with Gasteiger partial charge in [0, 0.05) is 23.6 Å². The summed E-state index contributed by atoms with van der Waals surface area (Å²) >= 11 is 1.19. The Kier molecular flexibility index (Phi) is 6.45. The number of rotatable bonds is 7. The van der Waals surface area contributed by atoms with Crippen LogP contribution in [0.1, 0.15) is 23.6 Å². The Morgan fingerprint density at radius 2 is 1.97 bits per heavy atom. The second kappa shape index (κ2) is 9.20. The number of amides is 1.